The Balaban J connectivity index is 2.80. The molecule has 0 spiro atoms. The van der Waals surface area contributed by atoms with E-state index < -0.39 is 4.83 Å². The van der Waals surface area contributed by atoms with E-state index in [0.29, 0.717) is 5.56 Å². The van der Waals surface area contributed by atoms with Crippen molar-refractivity contribution in [3.8, 4) is 6.07 Å². The second kappa shape index (κ2) is 5.28. The molecule has 1 atom stereocenters. The summed E-state index contributed by atoms with van der Waals surface area (Å²) in [4.78, 5) is 11.2. The molecule has 1 unspecified atom stereocenters. The van der Waals surface area contributed by atoms with Crippen molar-refractivity contribution in [2.45, 2.75) is 11.2 Å². The minimum Gasteiger partial charge on any atom is -0.293 e. The van der Waals surface area contributed by atoms with Gasteiger partial charge in [0, 0.05) is 10.0 Å². The monoisotopic (exact) mass is 315 g/mol. The number of ketones is 1. The van der Waals surface area contributed by atoms with Gasteiger partial charge < -0.3 is 0 Å². The first-order valence-electron chi connectivity index (χ1n) is 3.96. The van der Waals surface area contributed by atoms with E-state index >= 15 is 0 Å². The lowest BCUT2D eigenvalue weighted by atomic mass is 10.1. The topological polar surface area (TPSA) is 40.9 Å². The molecule has 0 aliphatic carbocycles. The second-order valence-electron chi connectivity index (χ2n) is 2.70. The largest absolute Gasteiger partial charge is 0.293 e. The molecule has 0 heterocycles. The maximum Gasteiger partial charge on any atom is 0.177 e. The van der Waals surface area contributed by atoms with E-state index in [0.717, 1.165) is 4.47 Å². The number of carbonyl (C=O) groups is 1. The normalized spacial score (nSPS) is 11.8. The Morgan fingerprint density at radius 3 is 2.50 bits per heavy atom. The van der Waals surface area contributed by atoms with E-state index in [4.69, 9.17) is 5.26 Å². The maximum absolute atomic E-state index is 11.6. The molecule has 0 bridgehead atoms. The molecular formula is C10H7Br2NO. The van der Waals surface area contributed by atoms with Gasteiger partial charge >= 0.3 is 0 Å². The standard InChI is InChI=1S/C10H7Br2NO/c11-8-3-1-7(2-4-8)10(14)9(12)5-6-13/h1-4,9H,5H2. The summed E-state index contributed by atoms with van der Waals surface area (Å²) in [5.41, 5.74) is 0.616. The molecule has 0 saturated heterocycles. The third kappa shape index (κ3) is 2.93. The zero-order valence-corrected chi connectivity index (χ0v) is 10.4. The molecule has 1 aromatic carbocycles. The maximum atomic E-state index is 11.6. The Morgan fingerprint density at radius 2 is 2.00 bits per heavy atom. The molecule has 4 heteroatoms. The first-order valence-corrected chi connectivity index (χ1v) is 5.67. The van der Waals surface area contributed by atoms with Crippen LogP contribution in [-0.2, 0) is 0 Å². The number of benzene rings is 1. The first-order chi connectivity index (χ1) is 6.65. The molecule has 1 aromatic rings. The molecular weight excluding hydrogens is 310 g/mol. The number of hydrogen-bond acceptors (Lipinski definition) is 2. The Morgan fingerprint density at radius 1 is 1.43 bits per heavy atom. The Bertz CT molecular complexity index is 367. The van der Waals surface area contributed by atoms with Crippen LogP contribution in [0.2, 0.25) is 0 Å². The number of nitrogens with zero attached hydrogens (tertiary/aromatic N) is 1. The van der Waals surface area contributed by atoms with Crippen LogP contribution in [0.1, 0.15) is 16.8 Å². The molecule has 72 valence electrons. The summed E-state index contributed by atoms with van der Waals surface area (Å²) in [6.07, 6.45) is 0.189. The van der Waals surface area contributed by atoms with Crippen molar-refractivity contribution in [2.75, 3.05) is 0 Å². The number of hydrogen-bond donors (Lipinski definition) is 0. The van der Waals surface area contributed by atoms with Crippen molar-refractivity contribution in [1.82, 2.24) is 0 Å². The van der Waals surface area contributed by atoms with Gasteiger partial charge in [-0.15, -0.1) is 0 Å². The smallest absolute Gasteiger partial charge is 0.177 e. The van der Waals surface area contributed by atoms with E-state index in [1.807, 2.05) is 6.07 Å². The SMILES string of the molecule is N#CCC(Br)C(=O)c1ccc(Br)cc1. The fourth-order valence-electron chi connectivity index (χ4n) is 0.968. The minimum atomic E-state index is -0.409. The molecule has 0 aliphatic heterocycles. The Kier molecular flexibility index (Phi) is 4.30. The van der Waals surface area contributed by atoms with Gasteiger partial charge in [-0.1, -0.05) is 44.0 Å². The molecule has 14 heavy (non-hydrogen) atoms. The zero-order valence-electron chi connectivity index (χ0n) is 7.21. The lowest BCUT2D eigenvalue weighted by Gasteiger charge is -2.04. The van der Waals surface area contributed by atoms with Gasteiger partial charge in [0.1, 0.15) is 0 Å². The summed E-state index contributed by atoms with van der Waals surface area (Å²) >= 11 is 6.46. The quantitative estimate of drug-likeness (QED) is 0.634. The van der Waals surface area contributed by atoms with Crippen molar-refractivity contribution >= 4 is 37.6 Å². The number of halogens is 2. The van der Waals surface area contributed by atoms with Gasteiger partial charge in [0.05, 0.1) is 17.3 Å². The second-order valence-corrected chi connectivity index (χ2v) is 4.72. The molecule has 0 aromatic heterocycles. The highest BCUT2D eigenvalue weighted by Gasteiger charge is 2.15. The van der Waals surface area contributed by atoms with Gasteiger partial charge in [-0.3, -0.25) is 4.79 Å². The minimum absolute atomic E-state index is 0.0564. The molecule has 0 saturated carbocycles. The van der Waals surface area contributed by atoms with E-state index in [-0.39, 0.29) is 12.2 Å². The van der Waals surface area contributed by atoms with Crippen molar-refractivity contribution in [3.63, 3.8) is 0 Å². The van der Waals surface area contributed by atoms with E-state index in [9.17, 15) is 4.79 Å². The molecule has 0 aliphatic rings. The molecule has 1 rings (SSSR count). The van der Waals surface area contributed by atoms with Crippen LogP contribution >= 0.6 is 31.9 Å². The van der Waals surface area contributed by atoms with Crippen molar-refractivity contribution < 1.29 is 4.79 Å². The fourth-order valence-corrected chi connectivity index (χ4v) is 1.64. The number of Topliss-reactive ketones (excluding diaryl/α,β-unsaturated/α-hetero) is 1. The van der Waals surface area contributed by atoms with Crippen LogP contribution < -0.4 is 0 Å². The highest BCUT2D eigenvalue weighted by molar-refractivity contribution is 9.10. The van der Waals surface area contributed by atoms with Crippen LogP contribution in [0.25, 0.3) is 0 Å². The Hall–Kier alpha value is -0.660. The van der Waals surface area contributed by atoms with Crippen LogP contribution in [-0.4, -0.2) is 10.6 Å². The van der Waals surface area contributed by atoms with Crippen molar-refractivity contribution in [3.05, 3.63) is 34.3 Å². The summed E-state index contributed by atoms with van der Waals surface area (Å²) < 4.78 is 0.931. The Labute approximate surface area is 99.2 Å². The number of carbonyl (C=O) groups excluding carboxylic acids is 1. The summed E-state index contributed by atoms with van der Waals surface area (Å²) in [6.45, 7) is 0. The van der Waals surface area contributed by atoms with E-state index in [1.54, 1.807) is 24.3 Å². The number of rotatable bonds is 3. The highest BCUT2D eigenvalue weighted by Crippen LogP contribution is 2.16. The van der Waals surface area contributed by atoms with E-state index in [2.05, 4.69) is 31.9 Å². The summed E-state index contributed by atoms with van der Waals surface area (Å²) in [5.74, 6) is -0.0564. The van der Waals surface area contributed by atoms with Gasteiger partial charge in [0.2, 0.25) is 0 Å². The highest BCUT2D eigenvalue weighted by atomic mass is 79.9. The van der Waals surface area contributed by atoms with Gasteiger partial charge in [0.15, 0.2) is 5.78 Å². The van der Waals surface area contributed by atoms with Crippen molar-refractivity contribution in [2.24, 2.45) is 0 Å². The van der Waals surface area contributed by atoms with Gasteiger partial charge in [0.25, 0.3) is 0 Å². The third-order valence-corrected chi connectivity index (χ3v) is 2.95. The fraction of sp³-hybridized carbons (Fsp3) is 0.200. The zero-order chi connectivity index (χ0) is 10.6. The van der Waals surface area contributed by atoms with Gasteiger partial charge in [-0.2, -0.15) is 5.26 Å². The molecule has 0 fully saturated rings. The van der Waals surface area contributed by atoms with Crippen LogP contribution in [0.3, 0.4) is 0 Å². The van der Waals surface area contributed by atoms with Gasteiger partial charge in [-0.05, 0) is 12.1 Å². The van der Waals surface area contributed by atoms with Crippen LogP contribution in [0.5, 0.6) is 0 Å². The predicted octanol–water partition coefficient (Wildman–Crippen LogP) is 3.31. The molecule has 0 amide bonds. The van der Waals surface area contributed by atoms with Crippen LogP contribution in [0, 0.1) is 11.3 Å². The van der Waals surface area contributed by atoms with Crippen LogP contribution in [0.15, 0.2) is 28.7 Å². The predicted molar refractivity (Wildman–Crippen MR) is 61.4 cm³/mol. The lowest BCUT2D eigenvalue weighted by Crippen LogP contribution is -2.13. The summed E-state index contributed by atoms with van der Waals surface area (Å²) in [5, 5.41) is 8.44. The average molecular weight is 317 g/mol. The average Bonchev–Trinajstić information content (AvgIpc) is 2.18. The number of nitriles is 1. The molecule has 2 nitrogen and oxygen atoms in total. The van der Waals surface area contributed by atoms with Crippen LogP contribution in [0.4, 0.5) is 0 Å². The van der Waals surface area contributed by atoms with Crippen molar-refractivity contribution in [1.29, 1.82) is 5.26 Å². The summed E-state index contributed by atoms with van der Waals surface area (Å²) in [6, 6.07) is 9.03. The molecule has 0 radical (unpaired) electrons. The third-order valence-electron chi connectivity index (χ3n) is 1.68. The van der Waals surface area contributed by atoms with E-state index in [1.165, 1.54) is 0 Å². The summed E-state index contributed by atoms with van der Waals surface area (Å²) in [7, 11) is 0. The first kappa shape index (κ1) is 11.4. The van der Waals surface area contributed by atoms with Gasteiger partial charge in [-0.25, -0.2) is 0 Å². The number of alkyl halides is 1. The molecule has 0 N–H and O–H groups in total. The lowest BCUT2D eigenvalue weighted by molar-refractivity contribution is 0.0992.